The van der Waals surface area contributed by atoms with E-state index >= 15 is 0 Å². The van der Waals surface area contributed by atoms with Crippen LogP contribution in [0.25, 0.3) is 0 Å². The van der Waals surface area contributed by atoms with E-state index in [9.17, 15) is 9.65 Å². The van der Waals surface area contributed by atoms with Crippen LogP contribution in [0.15, 0.2) is 35.7 Å². The molecule has 0 aromatic heterocycles. The first kappa shape index (κ1) is 28.9. The predicted molar refractivity (Wildman–Crippen MR) is 153 cm³/mol. The van der Waals surface area contributed by atoms with Crippen molar-refractivity contribution in [2.45, 2.75) is 103 Å². The molecule has 1 aromatic rings. The van der Waals surface area contributed by atoms with Crippen molar-refractivity contribution in [1.29, 1.82) is 5.26 Å². The van der Waals surface area contributed by atoms with Gasteiger partial charge in [0.05, 0.1) is 18.6 Å². The summed E-state index contributed by atoms with van der Waals surface area (Å²) in [7, 11) is 1.75. The number of ether oxygens (including phenoxy) is 1. The van der Waals surface area contributed by atoms with Crippen molar-refractivity contribution in [3.05, 3.63) is 47.1 Å². The Kier molecular flexibility index (Phi) is 10.2. The van der Waals surface area contributed by atoms with Gasteiger partial charge in [0.1, 0.15) is 5.82 Å². The highest BCUT2D eigenvalue weighted by Gasteiger charge is 2.52. The molecule has 0 bridgehead atoms. The molecule has 38 heavy (non-hydrogen) atoms. The lowest BCUT2D eigenvalue weighted by atomic mass is 9.59. The molecule has 1 N–H and O–H groups in total. The summed E-state index contributed by atoms with van der Waals surface area (Å²) in [6.07, 6.45) is 12.2. The summed E-state index contributed by atoms with van der Waals surface area (Å²) in [6, 6.07) is 9.98. The van der Waals surface area contributed by atoms with Gasteiger partial charge in [0.15, 0.2) is 5.88 Å². The van der Waals surface area contributed by atoms with E-state index in [0.717, 1.165) is 87.9 Å². The number of likely N-dealkylation sites (tertiary alicyclic amines) is 1. The number of benzene rings is 1. The Hall–Kier alpha value is -2.06. The first-order valence-electron chi connectivity index (χ1n) is 15.4. The fourth-order valence-corrected chi connectivity index (χ4v) is 7.51. The van der Waals surface area contributed by atoms with Crippen LogP contribution in [0.1, 0.15) is 97.0 Å². The second kappa shape index (κ2) is 13.3. The lowest BCUT2D eigenvalue weighted by molar-refractivity contribution is 0.0936. The SMILES string of the molecule is CCC(C)CC(CC)CN1CCC(C(C#N)(c2cccc(F)c2)C2CCCC2NC(OC)=C2CCC2)CC1. The molecule has 0 spiro atoms. The Labute approximate surface area is 231 Å². The van der Waals surface area contributed by atoms with Gasteiger partial charge in [-0.15, -0.1) is 0 Å². The number of allylic oxidation sites excluding steroid dienone is 1. The second-order valence-corrected chi connectivity index (χ2v) is 12.4. The van der Waals surface area contributed by atoms with Crippen LogP contribution in [-0.4, -0.2) is 37.7 Å². The minimum atomic E-state index is -0.702. The molecule has 1 aliphatic heterocycles. The van der Waals surface area contributed by atoms with Crippen molar-refractivity contribution in [3.8, 4) is 6.07 Å². The van der Waals surface area contributed by atoms with Gasteiger partial charge in [-0.1, -0.05) is 52.2 Å². The average molecular weight is 524 g/mol. The smallest absolute Gasteiger partial charge is 0.185 e. The third-order valence-electron chi connectivity index (χ3n) is 10.1. The van der Waals surface area contributed by atoms with Crippen LogP contribution in [0.5, 0.6) is 0 Å². The third-order valence-corrected chi connectivity index (χ3v) is 10.1. The maximum absolute atomic E-state index is 14.6. The molecule has 4 rings (SSSR count). The molecule has 210 valence electrons. The Balaban J connectivity index is 1.57. The van der Waals surface area contributed by atoms with E-state index in [4.69, 9.17) is 4.74 Å². The zero-order valence-electron chi connectivity index (χ0n) is 24.3. The number of nitrogens with one attached hydrogen (secondary N) is 1. The molecule has 5 unspecified atom stereocenters. The zero-order valence-corrected chi connectivity index (χ0v) is 24.3. The van der Waals surface area contributed by atoms with Crippen molar-refractivity contribution in [3.63, 3.8) is 0 Å². The fraction of sp³-hybridized carbons (Fsp3) is 0.727. The Morgan fingerprint density at radius 1 is 1.16 bits per heavy atom. The molecule has 4 nitrogen and oxygen atoms in total. The number of halogens is 1. The first-order chi connectivity index (χ1) is 18.4. The van der Waals surface area contributed by atoms with Crippen LogP contribution in [-0.2, 0) is 10.2 Å². The van der Waals surface area contributed by atoms with Crippen molar-refractivity contribution in [1.82, 2.24) is 10.2 Å². The molecule has 0 amide bonds. The molecule has 5 atom stereocenters. The fourth-order valence-electron chi connectivity index (χ4n) is 7.51. The van der Waals surface area contributed by atoms with E-state index in [1.54, 1.807) is 19.2 Å². The number of hydrogen-bond donors (Lipinski definition) is 1. The predicted octanol–water partition coefficient (Wildman–Crippen LogP) is 7.56. The average Bonchev–Trinajstić information content (AvgIpc) is 3.36. The van der Waals surface area contributed by atoms with Crippen molar-refractivity contribution in [2.75, 3.05) is 26.7 Å². The molecule has 3 aliphatic rings. The normalized spacial score (nSPS) is 25.6. The number of methoxy groups -OCH3 is 1. The van der Waals surface area contributed by atoms with Crippen molar-refractivity contribution in [2.24, 2.45) is 23.7 Å². The van der Waals surface area contributed by atoms with Gasteiger partial charge in [0.25, 0.3) is 0 Å². The summed E-state index contributed by atoms with van der Waals surface area (Å²) in [4.78, 5) is 2.63. The highest BCUT2D eigenvalue weighted by Crippen LogP contribution is 2.50. The third kappa shape index (κ3) is 6.22. The van der Waals surface area contributed by atoms with Gasteiger partial charge in [-0.05, 0) is 105 Å². The summed E-state index contributed by atoms with van der Waals surface area (Å²) >= 11 is 0. The number of nitriles is 1. The molecule has 1 heterocycles. The highest BCUT2D eigenvalue weighted by molar-refractivity contribution is 5.37. The Morgan fingerprint density at radius 3 is 2.50 bits per heavy atom. The second-order valence-electron chi connectivity index (χ2n) is 12.4. The van der Waals surface area contributed by atoms with Gasteiger partial charge in [-0.25, -0.2) is 4.39 Å². The zero-order chi connectivity index (χ0) is 27.1. The number of nitrogens with zero attached hydrogens (tertiary/aromatic N) is 2. The van der Waals surface area contributed by atoms with Gasteiger partial charge in [0.2, 0.25) is 0 Å². The standard InChI is InChI=1S/C33H50FN3O/c1-5-24(3)20-25(6-2)22-37-18-16-27(17-19-37)33(23-35,28-12-8-13-29(34)21-28)30-14-9-15-31(30)36-32(38-4)26-10-7-11-26/h8,12-13,21,24-25,27,30-31,36H,5-7,9-11,14-20,22H2,1-4H3. The van der Waals surface area contributed by atoms with Crippen LogP contribution >= 0.6 is 0 Å². The minimum absolute atomic E-state index is 0.130. The summed E-state index contributed by atoms with van der Waals surface area (Å²) in [5, 5.41) is 14.8. The van der Waals surface area contributed by atoms with Gasteiger partial charge >= 0.3 is 0 Å². The van der Waals surface area contributed by atoms with E-state index < -0.39 is 5.41 Å². The van der Waals surface area contributed by atoms with Gasteiger partial charge in [0, 0.05) is 18.5 Å². The number of hydrogen-bond acceptors (Lipinski definition) is 4. The highest BCUT2D eigenvalue weighted by atomic mass is 19.1. The van der Waals surface area contributed by atoms with Crippen LogP contribution < -0.4 is 5.32 Å². The molecule has 1 aromatic carbocycles. The van der Waals surface area contributed by atoms with Crippen molar-refractivity contribution >= 4 is 0 Å². The van der Waals surface area contributed by atoms with Crippen LogP contribution in [0.2, 0.25) is 0 Å². The molecular weight excluding hydrogens is 473 g/mol. The van der Waals surface area contributed by atoms with Crippen LogP contribution in [0, 0.1) is 40.8 Å². The molecule has 2 aliphatic carbocycles. The monoisotopic (exact) mass is 523 g/mol. The van der Waals surface area contributed by atoms with Crippen LogP contribution in [0.4, 0.5) is 4.39 Å². The summed E-state index contributed by atoms with van der Waals surface area (Å²) in [5.41, 5.74) is 1.53. The maximum atomic E-state index is 14.6. The molecule has 5 heteroatoms. The van der Waals surface area contributed by atoms with E-state index in [0.29, 0.717) is 0 Å². The van der Waals surface area contributed by atoms with E-state index in [1.807, 2.05) is 6.07 Å². The topological polar surface area (TPSA) is 48.3 Å². The Morgan fingerprint density at radius 2 is 1.92 bits per heavy atom. The molecule has 2 saturated carbocycles. The number of rotatable bonds is 12. The quantitative estimate of drug-likeness (QED) is 0.287. The lowest BCUT2D eigenvalue weighted by Gasteiger charge is -2.46. The molecular formula is C33H50FN3O. The first-order valence-corrected chi connectivity index (χ1v) is 15.4. The summed E-state index contributed by atoms with van der Waals surface area (Å²) in [6.45, 7) is 10.2. The lowest BCUT2D eigenvalue weighted by Crippen LogP contribution is -2.52. The van der Waals surface area contributed by atoms with E-state index in [1.165, 1.54) is 37.3 Å². The largest absolute Gasteiger partial charge is 0.483 e. The summed E-state index contributed by atoms with van der Waals surface area (Å²) < 4.78 is 20.4. The van der Waals surface area contributed by atoms with Crippen LogP contribution in [0.3, 0.4) is 0 Å². The maximum Gasteiger partial charge on any atom is 0.185 e. The minimum Gasteiger partial charge on any atom is -0.483 e. The van der Waals surface area contributed by atoms with E-state index in [2.05, 4.69) is 37.1 Å². The van der Waals surface area contributed by atoms with Gasteiger partial charge < -0.3 is 15.0 Å². The van der Waals surface area contributed by atoms with Gasteiger partial charge in [-0.2, -0.15) is 5.26 Å². The van der Waals surface area contributed by atoms with E-state index in [-0.39, 0.29) is 23.7 Å². The molecule has 3 fully saturated rings. The van der Waals surface area contributed by atoms with Gasteiger partial charge in [-0.3, -0.25) is 0 Å². The Bertz CT molecular complexity index is 973. The molecule has 1 saturated heterocycles. The van der Waals surface area contributed by atoms with Crippen molar-refractivity contribution < 1.29 is 9.13 Å². The number of piperidine rings is 1. The summed E-state index contributed by atoms with van der Waals surface area (Å²) in [5.74, 6) is 2.53. The molecule has 0 radical (unpaired) electrons.